The number of aromatic nitrogens is 2. The highest BCUT2D eigenvalue weighted by molar-refractivity contribution is 6.35. The topological polar surface area (TPSA) is 38.9 Å². The maximum atomic E-state index is 6.36. The second-order valence-electron chi connectivity index (χ2n) is 10.6. The van der Waals surface area contributed by atoms with Crippen molar-refractivity contribution in [1.29, 1.82) is 0 Å². The molecule has 0 aliphatic rings. The van der Waals surface area contributed by atoms with Crippen LogP contribution in [0, 0.1) is 0 Å². The Balaban J connectivity index is 1.43. The molecule has 6 aromatic carbocycles. The molecule has 41 heavy (non-hydrogen) atoms. The lowest BCUT2D eigenvalue weighted by Crippen LogP contribution is -1.98. The van der Waals surface area contributed by atoms with E-state index in [0.717, 1.165) is 56.0 Å². The van der Waals surface area contributed by atoms with Gasteiger partial charge in [0.2, 0.25) is 0 Å². The zero-order chi connectivity index (χ0) is 27.5. The van der Waals surface area contributed by atoms with Crippen molar-refractivity contribution in [1.82, 2.24) is 9.97 Å². The summed E-state index contributed by atoms with van der Waals surface area (Å²) in [5, 5.41) is 7.13. The van der Waals surface area contributed by atoms with E-state index in [4.69, 9.17) is 14.4 Å². The maximum absolute atomic E-state index is 6.36. The van der Waals surface area contributed by atoms with Crippen LogP contribution in [0.5, 0.6) is 0 Å². The summed E-state index contributed by atoms with van der Waals surface area (Å²) in [6.45, 7) is 4.11. The van der Waals surface area contributed by atoms with E-state index in [1.54, 1.807) is 0 Å². The molecular weight excluding hydrogens is 500 g/mol. The Bertz CT molecular complexity index is 2270. The van der Waals surface area contributed by atoms with E-state index in [9.17, 15) is 0 Å². The molecule has 0 aliphatic carbocycles. The van der Waals surface area contributed by atoms with E-state index < -0.39 is 0 Å². The van der Waals surface area contributed by atoms with Crippen LogP contribution in [0.25, 0.3) is 82.7 Å². The minimum Gasteiger partial charge on any atom is -0.456 e. The van der Waals surface area contributed by atoms with Crippen molar-refractivity contribution in [2.75, 3.05) is 0 Å². The molecule has 0 bridgehead atoms. The average Bonchev–Trinajstić information content (AvgIpc) is 3.43. The molecular formula is C38H26N2O. The van der Waals surface area contributed by atoms with Crippen molar-refractivity contribution < 1.29 is 4.42 Å². The van der Waals surface area contributed by atoms with Crippen LogP contribution in [0.3, 0.4) is 0 Å². The lowest BCUT2D eigenvalue weighted by molar-refractivity contribution is 0.669. The van der Waals surface area contributed by atoms with Gasteiger partial charge in [-0.25, -0.2) is 9.97 Å². The van der Waals surface area contributed by atoms with Crippen molar-refractivity contribution in [2.24, 2.45) is 0 Å². The van der Waals surface area contributed by atoms with E-state index >= 15 is 0 Å². The first kappa shape index (κ1) is 23.6. The van der Waals surface area contributed by atoms with Gasteiger partial charge in [0.15, 0.2) is 5.82 Å². The molecule has 3 nitrogen and oxygen atoms in total. The number of benzene rings is 6. The predicted molar refractivity (Wildman–Crippen MR) is 171 cm³/mol. The Morgan fingerprint density at radius 1 is 0.561 bits per heavy atom. The van der Waals surface area contributed by atoms with Crippen LogP contribution in [0.1, 0.15) is 19.7 Å². The highest BCUT2D eigenvalue weighted by Gasteiger charge is 2.21. The smallest absolute Gasteiger partial charge is 0.155 e. The molecule has 8 aromatic rings. The van der Waals surface area contributed by atoms with Crippen molar-refractivity contribution in [3.05, 3.63) is 127 Å². The van der Waals surface area contributed by atoms with Crippen molar-refractivity contribution in [3.63, 3.8) is 0 Å². The minimum atomic E-state index is 0.735. The summed E-state index contributed by atoms with van der Waals surface area (Å²) >= 11 is 0. The Hall–Kier alpha value is -5.28. The summed E-state index contributed by atoms with van der Waals surface area (Å²) < 4.78 is 6.36. The molecule has 0 radical (unpaired) electrons. The van der Waals surface area contributed by atoms with Crippen LogP contribution >= 0.6 is 0 Å². The molecule has 0 amide bonds. The van der Waals surface area contributed by atoms with Gasteiger partial charge in [0.25, 0.3) is 0 Å². The van der Waals surface area contributed by atoms with Gasteiger partial charge in [0.05, 0.1) is 11.4 Å². The van der Waals surface area contributed by atoms with Gasteiger partial charge in [-0.1, -0.05) is 91.0 Å². The Labute approximate surface area is 237 Å². The number of allylic oxidation sites excluding steroid dienone is 2. The monoisotopic (exact) mass is 526 g/mol. The van der Waals surface area contributed by atoms with E-state index in [2.05, 4.69) is 122 Å². The van der Waals surface area contributed by atoms with Crippen molar-refractivity contribution in [2.45, 2.75) is 13.8 Å². The minimum absolute atomic E-state index is 0.735. The summed E-state index contributed by atoms with van der Waals surface area (Å²) in [6.07, 6.45) is 2.07. The van der Waals surface area contributed by atoms with Crippen LogP contribution < -0.4 is 0 Å². The summed E-state index contributed by atoms with van der Waals surface area (Å²) in [5.41, 5.74) is 9.14. The average molecular weight is 527 g/mol. The highest BCUT2D eigenvalue weighted by Crippen LogP contribution is 2.46. The highest BCUT2D eigenvalue weighted by atomic mass is 16.3. The van der Waals surface area contributed by atoms with Crippen LogP contribution in [-0.2, 0) is 0 Å². The number of fused-ring (bicyclic) bond motifs is 3. The second-order valence-corrected chi connectivity index (χ2v) is 10.6. The molecule has 8 rings (SSSR count). The molecule has 0 atom stereocenters. The first-order valence-electron chi connectivity index (χ1n) is 14.0. The predicted octanol–water partition coefficient (Wildman–Crippen LogP) is 10.5. The molecule has 0 spiro atoms. The fourth-order valence-electron chi connectivity index (χ4n) is 6.09. The van der Waals surface area contributed by atoms with Gasteiger partial charge >= 0.3 is 0 Å². The van der Waals surface area contributed by atoms with E-state index in [-0.39, 0.29) is 0 Å². The molecule has 0 aliphatic heterocycles. The number of hydrogen-bond acceptors (Lipinski definition) is 3. The van der Waals surface area contributed by atoms with Gasteiger partial charge in [-0.3, -0.25) is 0 Å². The zero-order valence-corrected chi connectivity index (χ0v) is 22.8. The fourth-order valence-corrected chi connectivity index (χ4v) is 6.09. The standard InChI is InChI=1S/C38H26N2O/c1-3-23(2)38-39-31(26-14-9-13-25(21-26)24-11-5-4-6-12-24)22-32(40-38)30-19-20-34-37-35(30)28-16-8-7-15-27(28)29-17-10-18-33(41-34)36(29)37/h3-22H,1-2H3/b23-3+. The van der Waals surface area contributed by atoms with Gasteiger partial charge in [0, 0.05) is 27.3 Å². The lowest BCUT2D eigenvalue weighted by Gasteiger charge is -2.14. The van der Waals surface area contributed by atoms with Gasteiger partial charge in [0.1, 0.15) is 11.2 Å². The van der Waals surface area contributed by atoms with Crippen molar-refractivity contribution >= 4 is 49.1 Å². The lowest BCUT2D eigenvalue weighted by atomic mass is 9.90. The quantitative estimate of drug-likeness (QED) is 0.214. The molecule has 0 saturated heterocycles. The van der Waals surface area contributed by atoms with Crippen molar-refractivity contribution in [3.8, 4) is 33.6 Å². The normalized spacial score (nSPS) is 12.3. The SMILES string of the molecule is C/C=C(\C)c1nc(-c2cccc(-c3ccccc3)c2)cc(-c2ccc3oc4cccc5c6ccccc6c2c3c45)n1. The summed E-state index contributed by atoms with van der Waals surface area (Å²) in [5.74, 6) is 0.735. The van der Waals surface area contributed by atoms with E-state index in [0.29, 0.717) is 0 Å². The molecule has 0 unspecified atom stereocenters. The summed E-state index contributed by atoms with van der Waals surface area (Å²) in [4.78, 5) is 10.2. The van der Waals surface area contributed by atoms with Gasteiger partial charge in [-0.2, -0.15) is 0 Å². The number of rotatable bonds is 4. The largest absolute Gasteiger partial charge is 0.456 e. The number of furan rings is 1. The number of hydrogen-bond donors (Lipinski definition) is 0. The molecule has 194 valence electrons. The molecule has 2 aromatic heterocycles. The van der Waals surface area contributed by atoms with Crippen LogP contribution in [0.15, 0.2) is 126 Å². The molecule has 0 saturated carbocycles. The summed E-state index contributed by atoms with van der Waals surface area (Å²) in [6, 6.07) is 40.4. The van der Waals surface area contributed by atoms with E-state index in [1.165, 1.54) is 32.5 Å². The summed E-state index contributed by atoms with van der Waals surface area (Å²) in [7, 11) is 0. The van der Waals surface area contributed by atoms with Gasteiger partial charge in [-0.15, -0.1) is 0 Å². The maximum Gasteiger partial charge on any atom is 0.155 e. The first-order valence-corrected chi connectivity index (χ1v) is 14.0. The third kappa shape index (κ3) is 3.66. The van der Waals surface area contributed by atoms with E-state index in [1.807, 2.05) is 13.0 Å². The number of nitrogens with zero attached hydrogens (tertiary/aromatic N) is 2. The third-order valence-electron chi connectivity index (χ3n) is 8.20. The molecule has 0 N–H and O–H groups in total. The Kier molecular flexibility index (Phi) is 5.26. The second kappa shape index (κ2) is 9.14. The fraction of sp³-hybridized carbons (Fsp3) is 0.0526. The Morgan fingerprint density at radius 3 is 2.07 bits per heavy atom. The van der Waals surface area contributed by atoms with Gasteiger partial charge in [-0.05, 0) is 77.0 Å². The van der Waals surface area contributed by atoms with Crippen LogP contribution in [0.4, 0.5) is 0 Å². The van der Waals surface area contributed by atoms with Crippen LogP contribution in [-0.4, -0.2) is 9.97 Å². The zero-order valence-electron chi connectivity index (χ0n) is 22.8. The Morgan fingerprint density at radius 2 is 1.22 bits per heavy atom. The third-order valence-corrected chi connectivity index (χ3v) is 8.20. The van der Waals surface area contributed by atoms with Crippen LogP contribution in [0.2, 0.25) is 0 Å². The first-order chi connectivity index (χ1) is 20.2. The van der Waals surface area contributed by atoms with Gasteiger partial charge < -0.3 is 4.42 Å². The molecule has 3 heteroatoms. The molecule has 2 heterocycles. The molecule has 0 fully saturated rings.